The van der Waals surface area contributed by atoms with Crippen molar-refractivity contribution in [3.05, 3.63) is 35.9 Å². The first-order chi connectivity index (χ1) is 9.67. The number of benzene rings is 1. The molecule has 0 radical (unpaired) electrons. The van der Waals surface area contributed by atoms with Gasteiger partial charge in [-0.05, 0) is 26.5 Å². The molecule has 1 heterocycles. The van der Waals surface area contributed by atoms with Gasteiger partial charge in [0.25, 0.3) is 0 Å². The van der Waals surface area contributed by atoms with Crippen molar-refractivity contribution in [3.63, 3.8) is 0 Å². The Morgan fingerprint density at radius 2 is 1.85 bits per heavy atom. The van der Waals surface area contributed by atoms with Gasteiger partial charge in [0, 0.05) is 32.7 Å². The van der Waals surface area contributed by atoms with E-state index in [1.54, 1.807) is 0 Å². The molecule has 0 N–H and O–H groups in total. The fourth-order valence-corrected chi connectivity index (χ4v) is 2.78. The Balaban J connectivity index is 2.22. The minimum atomic E-state index is 0.156. The third kappa shape index (κ3) is 3.12. The van der Waals surface area contributed by atoms with E-state index in [1.165, 1.54) is 5.56 Å². The maximum absolute atomic E-state index is 12.7. The first-order valence-corrected chi connectivity index (χ1v) is 7.46. The summed E-state index contributed by atoms with van der Waals surface area (Å²) < 4.78 is 0. The van der Waals surface area contributed by atoms with Crippen LogP contribution in [0.1, 0.15) is 25.5 Å². The van der Waals surface area contributed by atoms with Crippen LogP contribution in [0.4, 0.5) is 4.79 Å². The summed E-state index contributed by atoms with van der Waals surface area (Å²) in [5, 5.41) is 0. The van der Waals surface area contributed by atoms with E-state index in [2.05, 4.69) is 24.1 Å². The Kier molecular flexibility index (Phi) is 5.01. The van der Waals surface area contributed by atoms with Gasteiger partial charge in [0.15, 0.2) is 0 Å². The number of carbonyl (C=O) groups excluding carboxylic acids is 1. The summed E-state index contributed by atoms with van der Waals surface area (Å²) in [7, 11) is 2.12. The Morgan fingerprint density at radius 3 is 2.45 bits per heavy atom. The van der Waals surface area contributed by atoms with E-state index in [0.717, 1.165) is 32.7 Å². The molecule has 1 aromatic carbocycles. The number of hydrogen-bond donors (Lipinski definition) is 0. The Labute approximate surface area is 122 Å². The summed E-state index contributed by atoms with van der Waals surface area (Å²) >= 11 is 0. The fraction of sp³-hybridized carbons (Fsp3) is 0.562. The average Bonchev–Trinajstić information content (AvgIpc) is 2.49. The third-order valence-electron chi connectivity index (χ3n) is 4.05. The van der Waals surface area contributed by atoms with E-state index in [-0.39, 0.29) is 12.1 Å². The van der Waals surface area contributed by atoms with Crippen LogP contribution in [-0.4, -0.2) is 60.5 Å². The van der Waals surface area contributed by atoms with Gasteiger partial charge in [0.2, 0.25) is 0 Å². The van der Waals surface area contributed by atoms with E-state index >= 15 is 0 Å². The zero-order valence-corrected chi connectivity index (χ0v) is 12.7. The lowest BCUT2D eigenvalue weighted by atomic mass is 10.0. The number of urea groups is 1. The van der Waals surface area contributed by atoms with Crippen LogP contribution in [0.3, 0.4) is 0 Å². The number of rotatable bonds is 3. The van der Waals surface area contributed by atoms with E-state index in [4.69, 9.17) is 0 Å². The van der Waals surface area contributed by atoms with Crippen LogP contribution in [-0.2, 0) is 0 Å². The SMILES string of the molecule is CCN(CC)C(=O)N1CCN(C)CC1c1ccccc1. The zero-order valence-electron chi connectivity index (χ0n) is 12.7. The van der Waals surface area contributed by atoms with Crippen molar-refractivity contribution in [1.82, 2.24) is 14.7 Å². The van der Waals surface area contributed by atoms with E-state index in [9.17, 15) is 4.79 Å². The summed E-state index contributed by atoms with van der Waals surface area (Å²) in [6.07, 6.45) is 0. The van der Waals surface area contributed by atoms with Crippen LogP contribution in [0.25, 0.3) is 0 Å². The molecule has 2 rings (SSSR count). The van der Waals surface area contributed by atoms with E-state index < -0.39 is 0 Å². The Bertz CT molecular complexity index is 431. The van der Waals surface area contributed by atoms with Crippen molar-refractivity contribution in [3.8, 4) is 0 Å². The van der Waals surface area contributed by atoms with Crippen LogP contribution in [0.2, 0.25) is 0 Å². The summed E-state index contributed by atoms with van der Waals surface area (Å²) in [6.45, 7) is 8.25. The molecule has 20 heavy (non-hydrogen) atoms. The van der Waals surface area contributed by atoms with Gasteiger partial charge in [-0.15, -0.1) is 0 Å². The lowest BCUT2D eigenvalue weighted by Gasteiger charge is -2.42. The van der Waals surface area contributed by atoms with Gasteiger partial charge in [-0.2, -0.15) is 0 Å². The highest BCUT2D eigenvalue weighted by Gasteiger charge is 2.31. The van der Waals surface area contributed by atoms with Crippen molar-refractivity contribution in [2.75, 3.05) is 39.8 Å². The van der Waals surface area contributed by atoms with Crippen LogP contribution in [0.15, 0.2) is 30.3 Å². The molecule has 1 aliphatic rings. The molecule has 110 valence electrons. The van der Waals surface area contributed by atoms with Crippen LogP contribution < -0.4 is 0 Å². The Morgan fingerprint density at radius 1 is 1.20 bits per heavy atom. The molecule has 0 spiro atoms. The number of nitrogens with zero attached hydrogens (tertiary/aromatic N) is 3. The first kappa shape index (κ1) is 14.9. The van der Waals surface area contributed by atoms with Gasteiger partial charge >= 0.3 is 6.03 Å². The molecule has 4 heteroatoms. The van der Waals surface area contributed by atoms with Gasteiger partial charge in [-0.1, -0.05) is 30.3 Å². The van der Waals surface area contributed by atoms with Crippen molar-refractivity contribution < 1.29 is 4.79 Å². The lowest BCUT2D eigenvalue weighted by Crippen LogP contribution is -2.53. The fourth-order valence-electron chi connectivity index (χ4n) is 2.78. The number of carbonyl (C=O) groups is 1. The largest absolute Gasteiger partial charge is 0.325 e. The van der Waals surface area contributed by atoms with Crippen molar-refractivity contribution in [2.24, 2.45) is 0 Å². The van der Waals surface area contributed by atoms with Crippen LogP contribution in [0.5, 0.6) is 0 Å². The monoisotopic (exact) mass is 275 g/mol. The molecular weight excluding hydrogens is 250 g/mol. The maximum atomic E-state index is 12.7. The number of likely N-dealkylation sites (N-methyl/N-ethyl adjacent to an activating group) is 1. The van der Waals surface area contributed by atoms with Crippen LogP contribution in [0, 0.1) is 0 Å². The second-order valence-corrected chi connectivity index (χ2v) is 5.34. The highest BCUT2D eigenvalue weighted by molar-refractivity contribution is 5.75. The average molecular weight is 275 g/mol. The predicted octanol–water partition coefficient (Wildman–Crippen LogP) is 2.44. The van der Waals surface area contributed by atoms with Gasteiger partial charge in [-0.25, -0.2) is 4.79 Å². The maximum Gasteiger partial charge on any atom is 0.320 e. The van der Waals surface area contributed by atoms with E-state index in [1.807, 2.05) is 41.8 Å². The van der Waals surface area contributed by atoms with Gasteiger partial charge in [-0.3, -0.25) is 0 Å². The quantitative estimate of drug-likeness (QED) is 0.847. The molecule has 0 saturated carbocycles. The minimum Gasteiger partial charge on any atom is -0.325 e. The summed E-state index contributed by atoms with van der Waals surface area (Å²) in [5.41, 5.74) is 1.22. The molecule has 1 aliphatic heterocycles. The van der Waals surface area contributed by atoms with E-state index in [0.29, 0.717) is 0 Å². The van der Waals surface area contributed by atoms with Crippen LogP contribution >= 0.6 is 0 Å². The zero-order chi connectivity index (χ0) is 14.5. The molecule has 4 nitrogen and oxygen atoms in total. The number of hydrogen-bond acceptors (Lipinski definition) is 2. The van der Waals surface area contributed by atoms with Crippen molar-refractivity contribution in [1.29, 1.82) is 0 Å². The smallest absolute Gasteiger partial charge is 0.320 e. The molecular formula is C16H25N3O. The molecule has 0 bridgehead atoms. The van der Waals surface area contributed by atoms with Gasteiger partial charge in [0.1, 0.15) is 0 Å². The minimum absolute atomic E-state index is 0.156. The lowest BCUT2D eigenvalue weighted by molar-refractivity contribution is 0.0869. The summed E-state index contributed by atoms with van der Waals surface area (Å²) in [6, 6.07) is 10.7. The molecule has 0 aliphatic carbocycles. The summed E-state index contributed by atoms with van der Waals surface area (Å²) in [4.78, 5) is 18.9. The number of piperazine rings is 1. The predicted molar refractivity (Wildman–Crippen MR) is 81.7 cm³/mol. The van der Waals surface area contributed by atoms with Crippen molar-refractivity contribution in [2.45, 2.75) is 19.9 Å². The second-order valence-electron chi connectivity index (χ2n) is 5.34. The number of amides is 2. The van der Waals surface area contributed by atoms with Gasteiger partial charge in [0.05, 0.1) is 6.04 Å². The highest BCUT2D eigenvalue weighted by Crippen LogP contribution is 2.25. The normalized spacial score (nSPS) is 19.9. The molecule has 1 unspecified atom stereocenters. The Hall–Kier alpha value is -1.55. The highest BCUT2D eigenvalue weighted by atomic mass is 16.2. The second kappa shape index (κ2) is 6.75. The molecule has 2 amide bonds. The standard InChI is InChI=1S/C16H25N3O/c1-4-18(5-2)16(20)19-12-11-17(3)13-15(19)14-9-7-6-8-10-14/h6-10,15H,4-5,11-13H2,1-3H3. The summed E-state index contributed by atoms with van der Waals surface area (Å²) in [5.74, 6) is 0. The molecule has 0 aromatic heterocycles. The van der Waals surface area contributed by atoms with Gasteiger partial charge < -0.3 is 14.7 Å². The topological polar surface area (TPSA) is 26.8 Å². The third-order valence-corrected chi connectivity index (χ3v) is 4.05. The van der Waals surface area contributed by atoms with Crippen molar-refractivity contribution >= 4 is 6.03 Å². The molecule has 1 fully saturated rings. The molecule has 1 atom stereocenters. The first-order valence-electron chi connectivity index (χ1n) is 7.46. The molecule has 1 saturated heterocycles. The molecule has 1 aromatic rings.